The first kappa shape index (κ1) is 25.3. The molecule has 0 unspecified atom stereocenters. The molecular weight excluding hydrogens is 432 g/mol. The summed E-state index contributed by atoms with van der Waals surface area (Å²) in [5.74, 6) is -0.603. The van der Waals surface area contributed by atoms with Crippen molar-refractivity contribution in [2.24, 2.45) is 0 Å². The summed E-state index contributed by atoms with van der Waals surface area (Å²) < 4.78 is 10.6. The average Bonchev–Trinajstić information content (AvgIpc) is 3.06. The van der Waals surface area contributed by atoms with Crippen LogP contribution in [0.1, 0.15) is 43.5 Å². The van der Waals surface area contributed by atoms with Crippen molar-refractivity contribution in [1.29, 1.82) is 0 Å². The molecule has 0 radical (unpaired) electrons. The quantitative estimate of drug-likeness (QED) is 0.372. The Hall–Kier alpha value is -3.32. The van der Waals surface area contributed by atoms with E-state index in [1.54, 1.807) is 23.1 Å². The monoisotopic (exact) mass is 467 g/mol. The number of benzene rings is 2. The van der Waals surface area contributed by atoms with E-state index in [2.05, 4.69) is 20.8 Å². The van der Waals surface area contributed by atoms with E-state index in [1.807, 2.05) is 38.4 Å². The van der Waals surface area contributed by atoms with Crippen LogP contribution in [0.5, 0.6) is 11.5 Å². The predicted octanol–water partition coefficient (Wildman–Crippen LogP) is 2.57. The van der Waals surface area contributed by atoms with Crippen LogP contribution in [0, 0.1) is 0 Å². The number of carbonyl (C=O) groups excluding carboxylic acids is 2. The number of nitrogens with one attached hydrogen (secondary N) is 1. The van der Waals surface area contributed by atoms with Gasteiger partial charge < -0.3 is 24.4 Å². The van der Waals surface area contributed by atoms with Crippen molar-refractivity contribution < 1.29 is 29.1 Å². The molecule has 1 fully saturated rings. The van der Waals surface area contributed by atoms with Crippen LogP contribution in [0.15, 0.2) is 48.0 Å². The average molecular weight is 468 g/mol. The minimum atomic E-state index is -0.689. The first-order chi connectivity index (χ1) is 16.0. The van der Waals surface area contributed by atoms with E-state index in [1.165, 1.54) is 14.2 Å². The molecule has 1 heterocycles. The first-order valence-electron chi connectivity index (χ1n) is 11.4. The van der Waals surface area contributed by atoms with Crippen LogP contribution in [0.3, 0.4) is 0 Å². The normalized spacial score (nSPS) is 18.0. The highest BCUT2D eigenvalue weighted by atomic mass is 16.5. The Morgan fingerprint density at radius 3 is 2.15 bits per heavy atom. The van der Waals surface area contributed by atoms with Crippen molar-refractivity contribution in [2.45, 2.75) is 32.2 Å². The number of rotatable bonds is 7. The van der Waals surface area contributed by atoms with Gasteiger partial charge in [0.05, 0.1) is 53.0 Å². The summed E-state index contributed by atoms with van der Waals surface area (Å²) in [6.07, 6.45) is 0. The van der Waals surface area contributed by atoms with Crippen molar-refractivity contribution >= 4 is 17.4 Å². The van der Waals surface area contributed by atoms with E-state index >= 15 is 0 Å². The number of amides is 1. The fourth-order valence-corrected chi connectivity index (χ4v) is 4.11. The molecule has 7 nitrogen and oxygen atoms in total. The van der Waals surface area contributed by atoms with Crippen LogP contribution in [0.2, 0.25) is 0 Å². The molecule has 2 aromatic rings. The Labute approximate surface area is 201 Å². The lowest BCUT2D eigenvalue weighted by Gasteiger charge is -2.26. The molecule has 1 aliphatic rings. The molecule has 0 bridgehead atoms. The zero-order valence-corrected chi connectivity index (χ0v) is 21.1. The van der Waals surface area contributed by atoms with Crippen molar-refractivity contribution in [3.63, 3.8) is 0 Å². The molecule has 2 aromatic carbocycles. The van der Waals surface area contributed by atoms with Gasteiger partial charge in [-0.1, -0.05) is 45.0 Å². The van der Waals surface area contributed by atoms with Gasteiger partial charge in [-0.05, 0) is 34.7 Å². The number of quaternary nitrogens is 1. The molecule has 7 heteroatoms. The summed E-state index contributed by atoms with van der Waals surface area (Å²) in [4.78, 5) is 29.0. The second-order valence-electron chi connectivity index (χ2n) is 9.89. The molecule has 0 saturated carbocycles. The molecule has 0 spiro atoms. The number of likely N-dealkylation sites (N-methyl/N-ethyl adjacent to an activating group) is 1. The summed E-state index contributed by atoms with van der Waals surface area (Å²) >= 11 is 0. The van der Waals surface area contributed by atoms with Gasteiger partial charge in [-0.25, -0.2) is 0 Å². The lowest BCUT2D eigenvalue weighted by Crippen LogP contribution is -3.06. The first-order valence-corrected chi connectivity index (χ1v) is 11.4. The highest BCUT2D eigenvalue weighted by Crippen LogP contribution is 2.41. The summed E-state index contributed by atoms with van der Waals surface area (Å²) in [6.45, 7) is 7.45. The fourth-order valence-electron chi connectivity index (χ4n) is 4.11. The minimum Gasteiger partial charge on any atom is -0.507 e. The molecule has 1 amide bonds. The second kappa shape index (κ2) is 9.89. The second-order valence-corrected chi connectivity index (χ2v) is 9.89. The number of carbonyl (C=O) groups is 2. The van der Waals surface area contributed by atoms with Crippen LogP contribution in [0.25, 0.3) is 5.76 Å². The molecule has 0 aromatic heterocycles. The van der Waals surface area contributed by atoms with E-state index in [9.17, 15) is 14.7 Å². The molecule has 2 N–H and O–H groups in total. The lowest BCUT2D eigenvalue weighted by atomic mass is 9.85. The number of aliphatic hydroxyl groups excluding tert-OH is 1. The van der Waals surface area contributed by atoms with Gasteiger partial charge in [-0.15, -0.1) is 0 Å². The number of hydrogen-bond donors (Lipinski definition) is 2. The number of aliphatic hydroxyl groups is 1. The Morgan fingerprint density at radius 2 is 1.62 bits per heavy atom. The topological polar surface area (TPSA) is 80.5 Å². The van der Waals surface area contributed by atoms with Crippen LogP contribution in [0.4, 0.5) is 0 Å². The number of likely N-dealkylation sites (tertiary alicyclic amines) is 1. The van der Waals surface area contributed by atoms with Crippen LogP contribution in [-0.4, -0.2) is 63.1 Å². The standard InChI is InChI=1S/C27H34N2O5/c1-27(2,3)19-11-8-17(9-12-19)23-22(25(31)26(32)29(23)15-14-28(4)5)24(30)18-10-13-20(33-6)21(16-18)34-7/h8-13,16,23,30H,14-15H2,1-7H3/p+1/t23-/m1/s1. The Balaban J connectivity index is 2.16. The Kier molecular flexibility index (Phi) is 7.36. The predicted molar refractivity (Wildman–Crippen MR) is 131 cm³/mol. The van der Waals surface area contributed by atoms with Gasteiger partial charge in [-0.2, -0.15) is 0 Å². The minimum absolute atomic E-state index is 0.0335. The third-order valence-corrected chi connectivity index (χ3v) is 6.14. The maximum atomic E-state index is 13.2. The maximum Gasteiger partial charge on any atom is 0.295 e. The zero-order valence-electron chi connectivity index (χ0n) is 21.1. The third kappa shape index (κ3) is 4.94. The van der Waals surface area contributed by atoms with Gasteiger partial charge in [0.25, 0.3) is 11.7 Å². The Bertz CT molecular complexity index is 1100. The van der Waals surface area contributed by atoms with Gasteiger partial charge in [0.1, 0.15) is 5.76 Å². The van der Waals surface area contributed by atoms with Crippen LogP contribution in [-0.2, 0) is 15.0 Å². The Morgan fingerprint density at radius 1 is 1.00 bits per heavy atom. The lowest BCUT2D eigenvalue weighted by molar-refractivity contribution is -0.857. The number of nitrogens with zero attached hydrogens (tertiary/aromatic N) is 1. The number of ketones is 1. The summed E-state index contributed by atoms with van der Waals surface area (Å²) in [5, 5.41) is 11.3. The summed E-state index contributed by atoms with van der Waals surface area (Å²) in [5.41, 5.74) is 2.35. The van der Waals surface area contributed by atoms with Crippen LogP contribution < -0.4 is 14.4 Å². The van der Waals surface area contributed by atoms with Gasteiger partial charge >= 0.3 is 0 Å². The molecule has 182 valence electrons. The number of ether oxygens (including phenoxy) is 2. The highest BCUT2D eigenvalue weighted by molar-refractivity contribution is 6.46. The molecule has 1 atom stereocenters. The fraction of sp³-hybridized carbons (Fsp3) is 0.407. The SMILES string of the molecule is COc1ccc(C(O)=C2C(=O)C(=O)N(CC[NH+](C)C)[C@@H]2c2ccc(C(C)(C)C)cc2)cc1OC. The number of hydrogen-bond acceptors (Lipinski definition) is 5. The summed E-state index contributed by atoms with van der Waals surface area (Å²) in [6, 6.07) is 12.1. The van der Waals surface area contributed by atoms with E-state index in [4.69, 9.17) is 9.47 Å². The molecule has 1 saturated heterocycles. The highest BCUT2D eigenvalue weighted by Gasteiger charge is 2.46. The van der Waals surface area contributed by atoms with Gasteiger partial charge in [0.2, 0.25) is 0 Å². The molecule has 0 aliphatic carbocycles. The third-order valence-electron chi connectivity index (χ3n) is 6.14. The molecule has 34 heavy (non-hydrogen) atoms. The summed E-state index contributed by atoms with van der Waals surface area (Å²) in [7, 11) is 7.01. The van der Waals surface area contributed by atoms with Gasteiger partial charge in [0.15, 0.2) is 11.5 Å². The van der Waals surface area contributed by atoms with Crippen molar-refractivity contribution in [2.75, 3.05) is 41.4 Å². The van der Waals surface area contributed by atoms with E-state index in [0.29, 0.717) is 30.2 Å². The van der Waals surface area contributed by atoms with Crippen molar-refractivity contribution in [3.8, 4) is 11.5 Å². The molecular formula is C27H35N2O5+. The van der Waals surface area contributed by atoms with E-state index < -0.39 is 17.7 Å². The van der Waals surface area contributed by atoms with Crippen LogP contribution >= 0.6 is 0 Å². The van der Waals surface area contributed by atoms with Crippen molar-refractivity contribution in [1.82, 2.24) is 4.90 Å². The maximum absolute atomic E-state index is 13.2. The number of methoxy groups -OCH3 is 2. The largest absolute Gasteiger partial charge is 0.507 e. The molecule has 1 aliphatic heterocycles. The van der Waals surface area contributed by atoms with Gasteiger partial charge in [0, 0.05) is 5.56 Å². The van der Waals surface area contributed by atoms with E-state index in [0.717, 1.165) is 16.0 Å². The van der Waals surface area contributed by atoms with Gasteiger partial charge in [-0.3, -0.25) is 9.59 Å². The number of Topliss-reactive ketones (excluding diaryl/α,β-unsaturated/α-hetero) is 1. The zero-order chi connectivity index (χ0) is 25.2. The smallest absolute Gasteiger partial charge is 0.295 e. The van der Waals surface area contributed by atoms with E-state index in [-0.39, 0.29) is 16.7 Å². The van der Waals surface area contributed by atoms with Crippen molar-refractivity contribution in [3.05, 3.63) is 64.7 Å². The molecule has 3 rings (SSSR count).